The van der Waals surface area contributed by atoms with Crippen molar-refractivity contribution in [1.29, 1.82) is 0 Å². The van der Waals surface area contributed by atoms with Crippen LogP contribution < -0.4 is 0 Å². The summed E-state index contributed by atoms with van der Waals surface area (Å²) in [5.41, 5.74) is 2.03. The first-order valence-electron chi connectivity index (χ1n) is 9.88. The van der Waals surface area contributed by atoms with E-state index in [1.165, 1.54) is 12.5 Å². The highest BCUT2D eigenvalue weighted by Crippen LogP contribution is 2.26. The third-order valence-electron chi connectivity index (χ3n) is 5.54. The molecule has 0 amide bonds. The largest absolute Gasteiger partial charge is 0.442 e. The highest BCUT2D eigenvalue weighted by Gasteiger charge is 2.21. The van der Waals surface area contributed by atoms with Gasteiger partial charge in [-0.2, -0.15) is 0 Å². The zero-order chi connectivity index (χ0) is 19.3. The Labute approximate surface area is 169 Å². The van der Waals surface area contributed by atoms with E-state index < -0.39 is 0 Å². The summed E-state index contributed by atoms with van der Waals surface area (Å²) in [5.74, 6) is 0.912. The average Bonchev–Trinajstić information content (AvgIpc) is 3.25. The van der Waals surface area contributed by atoms with Crippen molar-refractivity contribution in [2.24, 2.45) is 5.92 Å². The molecule has 0 atom stereocenters. The molecule has 0 unspecified atom stereocenters. The van der Waals surface area contributed by atoms with Crippen molar-refractivity contribution in [3.63, 3.8) is 0 Å². The summed E-state index contributed by atoms with van der Waals surface area (Å²) in [6, 6.07) is 10.2. The summed E-state index contributed by atoms with van der Waals surface area (Å²) in [6.07, 6.45) is 7.77. The van der Waals surface area contributed by atoms with E-state index in [1.807, 2.05) is 18.2 Å². The van der Waals surface area contributed by atoms with E-state index in [4.69, 9.17) is 16.0 Å². The van der Waals surface area contributed by atoms with Crippen molar-refractivity contribution < 1.29 is 9.21 Å². The van der Waals surface area contributed by atoms with Crippen LogP contribution in [0.2, 0.25) is 5.15 Å². The molecule has 1 saturated heterocycles. The first kappa shape index (κ1) is 19.1. The highest BCUT2D eigenvalue weighted by molar-refractivity contribution is 6.30. The molecule has 3 heterocycles. The first-order chi connectivity index (χ1) is 13.7. The number of benzene rings is 1. The number of oxazole rings is 1. The molecule has 0 bridgehead atoms. The average molecular weight is 398 g/mol. The fraction of sp³-hybridized carbons (Fsp3) is 0.409. The number of halogens is 1. The minimum absolute atomic E-state index is 0.000817. The number of carbonyl (C=O) groups excluding carboxylic acids is 1. The SMILES string of the molecule is O=C(CCCC1CCN(Cc2cc3ccccc3nc2Cl)CC1)c1ncco1. The van der Waals surface area contributed by atoms with E-state index in [2.05, 4.69) is 27.0 Å². The highest BCUT2D eigenvalue weighted by atomic mass is 35.5. The second-order valence-corrected chi connectivity index (χ2v) is 7.86. The number of ketones is 1. The van der Waals surface area contributed by atoms with Crippen LogP contribution in [0.25, 0.3) is 10.9 Å². The Morgan fingerprint density at radius 2 is 2.07 bits per heavy atom. The molecule has 6 heteroatoms. The van der Waals surface area contributed by atoms with Crippen molar-refractivity contribution in [3.8, 4) is 0 Å². The number of likely N-dealkylation sites (tertiary alicyclic amines) is 1. The molecule has 28 heavy (non-hydrogen) atoms. The van der Waals surface area contributed by atoms with E-state index in [1.54, 1.807) is 0 Å². The van der Waals surface area contributed by atoms with Gasteiger partial charge in [0.2, 0.25) is 5.78 Å². The number of pyridine rings is 1. The van der Waals surface area contributed by atoms with E-state index in [9.17, 15) is 4.79 Å². The molecule has 1 aliphatic rings. The zero-order valence-corrected chi connectivity index (χ0v) is 16.6. The Morgan fingerprint density at radius 1 is 1.25 bits per heavy atom. The topological polar surface area (TPSA) is 59.2 Å². The van der Waals surface area contributed by atoms with Crippen LogP contribution in [0, 0.1) is 5.92 Å². The molecule has 0 aliphatic carbocycles. The fourth-order valence-corrected chi connectivity index (χ4v) is 4.15. The van der Waals surface area contributed by atoms with Crippen LogP contribution in [0.4, 0.5) is 0 Å². The number of hydrogen-bond donors (Lipinski definition) is 0. The Kier molecular flexibility index (Phi) is 6.03. The quantitative estimate of drug-likeness (QED) is 0.408. The van der Waals surface area contributed by atoms with Crippen LogP contribution in [0.5, 0.6) is 0 Å². The van der Waals surface area contributed by atoms with Crippen LogP contribution in [-0.2, 0) is 6.54 Å². The monoisotopic (exact) mass is 397 g/mol. The Morgan fingerprint density at radius 3 is 2.86 bits per heavy atom. The third-order valence-corrected chi connectivity index (χ3v) is 5.87. The van der Waals surface area contributed by atoms with Crippen LogP contribution in [0.1, 0.15) is 48.4 Å². The Bertz CT molecular complexity index is 934. The number of aromatic nitrogens is 2. The Hall–Kier alpha value is -2.24. The molecule has 4 rings (SSSR count). The number of rotatable bonds is 7. The lowest BCUT2D eigenvalue weighted by atomic mass is 9.91. The second kappa shape index (κ2) is 8.84. The molecule has 0 radical (unpaired) electrons. The van der Waals surface area contributed by atoms with Gasteiger partial charge in [-0.25, -0.2) is 9.97 Å². The normalized spacial score (nSPS) is 15.9. The van der Waals surface area contributed by atoms with Crippen molar-refractivity contribution in [3.05, 3.63) is 59.4 Å². The number of fused-ring (bicyclic) bond motifs is 1. The van der Waals surface area contributed by atoms with Crippen LogP contribution >= 0.6 is 11.6 Å². The van der Waals surface area contributed by atoms with Gasteiger partial charge in [0.1, 0.15) is 11.4 Å². The van der Waals surface area contributed by atoms with Crippen LogP contribution in [-0.4, -0.2) is 33.7 Å². The van der Waals surface area contributed by atoms with Gasteiger partial charge in [0.05, 0.1) is 11.7 Å². The van der Waals surface area contributed by atoms with Gasteiger partial charge < -0.3 is 4.42 Å². The Balaban J connectivity index is 1.24. The predicted molar refractivity (Wildman–Crippen MR) is 109 cm³/mol. The van der Waals surface area contributed by atoms with Gasteiger partial charge in [0.25, 0.3) is 5.89 Å². The summed E-state index contributed by atoms with van der Waals surface area (Å²) in [4.78, 5) is 22.8. The summed E-state index contributed by atoms with van der Waals surface area (Å²) >= 11 is 6.41. The first-order valence-corrected chi connectivity index (χ1v) is 10.3. The maximum atomic E-state index is 11.9. The number of carbonyl (C=O) groups is 1. The standard InChI is InChI=1S/C22H24ClN3O2/c23-21-18(14-17-5-1-2-6-19(17)25-21)15-26-11-8-16(9-12-26)4-3-7-20(27)22-24-10-13-28-22/h1-2,5-6,10,13-14,16H,3-4,7-9,11-12,15H2. The lowest BCUT2D eigenvalue weighted by Gasteiger charge is -2.32. The number of piperidine rings is 1. The molecule has 2 aromatic heterocycles. The van der Waals surface area contributed by atoms with E-state index >= 15 is 0 Å². The van der Waals surface area contributed by atoms with Gasteiger partial charge in [0, 0.05) is 23.9 Å². The predicted octanol–water partition coefficient (Wildman–Crippen LogP) is 5.14. The zero-order valence-electron chi connectivity index (χ0n) is 15.8. The van der Waals surface area contributed by atoms with Gasteiger partial charge in [-0.1, -0.05) is 29.8 Å². The van der Waals surface area contributed by atoms with Crippen LogP contribution in [0.3, 0.4) is 0 Å². The molecule has 0 N–H and O–H groups in total. The molecule has 0 spiro atoms. The molecular formula is C22H24ClN3O2. The van der Waals surface area contributed by atoms with E-state index in [-0.39, 0.29) is 11.7 Å². The molecule has 3 aromatic rings. The smallest absolute Gasteiger partial charge is 0.263 e. The molecular weight excluding hydrogens is 374 g/mol. The lowest BCUT2D eigenvalue weighted by molar-refractivity contribution is 0.0940. The minimum atomic E-state index is 0.000817. The van der Waals surface area contributed by atoms with Gasteiger partial charge in [-0.15, -0.1) is 0 Å². The number of para-hydroxylation sites is 1. The summed E-state index contributed by atoms with van der Waals surface area (Å²) in [5, 5.41) is 1.73. The molecule has 146 valence electrons. The molecule has 5 nitrogen and oxygen atoms in total. The van der Waals surface area contributed by atoms with Gasteiger partial charge in [-0.05, 0) is 56.8 Å². The molecule has 1 aliphatic heterocycles. The summed E-state index contributed by atoms with van der Waals surface area (Å²) in [6.45, 7) is 2.95. The molecule has 1 aromatic carbocycles. The van der Waals surface area contributed by atoms with Crippen molar-refractivity contribution in [2.75, 3.05) is 13.1 Å². The number of hydrogen-bond acceptors (Lipinski definition) is 5. The van der Waals surface area contributed by atoms with Crippen molar-refractivity contribution in [2.45, 2.75) is 38.6 Å². The fourth-order valence-electron chi connectivity index (χ4n) is 3.94. The summed E-state index contributed by atoms with van der Waals surface area (Å²) in [7, 11) is 0. The van der Waals surface area contributed by atoms with Crippen molar-refractivity contribution >= 4 is 28.3 Å². The van der Waals surface area contributed by atoms with Gasteiger partial charge >= 0.3 is 0 Å². The molecule has 1 fully saturated rings. The summed E-state index contributed by atoms with van der Waals surface area (Å²) < 4.78 is 5.06. The third kappa shape index (κ3) is 4.59. The van der Waals surface area contributed by atoms with Crippen LogP contribution in [0.15, 0.2) is 47.2 Å². The lowest BCUT2D eigenvalue weighted by Crippen LogP contribution is -2.33. The number of Topliss-reactive ketones (excluding diaryl/α,β-unsaturated/α-hetero) is 1. The van der Waals surface area contributed by atoms with Gasteiger partial charge in [0.15, 0.2) is 0 Å². The van der Waals surface area contributed by atoms with E-state index in [0.717, 1.165) is 61.8 Å². The maximum absolute atomic E-state index is 11.9. The molecule has 0 saturated carbocycles. The minimum Gasteiger partial charge on any atom is -0.442 e. The number of nitrogens with zero attached hydrogens (tertiary/aromatic N) is 3. The second-order valence-electron chi connectivity index (χ2n) is 7.50. The van der Waals surface area contributed by atoms with Gasteiger partial charge in [-0.3, -0.25) is 9.69 Å². The van der Waals surface area contributed by atoms with Crippen molar-refractivity contribution in [1.82, 2.24) is 14.9 Å². The van der Waals surface area contributed by atoms with E-state index in [0.29, 0.717) is 17.5 Å². The maximum Gasteiger partial charge on any atom is 0.263 e.